The van der Waals surface area contributed by atoms with Gasteiger partial charge in [-0.3, -0.25) is 0 Å². The van der Waals surface area contributed by atoms with E-state index in [0.717, 1.165) is 33.7 Å². The first-order valence-corrected chi connectivity index (χ1v) is 8.05. The fourth-order valence-electron chi connectivity index (χ4n) is 2.33. The number of piperidine rings is 1. The molecule has 5 heteroatoms. The Balaban J connectivity index is 1.87. The topological polar surface area (TPSA) is 24.9 Å². The molecule has 1 atom stereocenters. The molecular formula is C14H14BrFN2S. The molecule has 0 bridgehead atoms. The van der Waals surface area contributed by atoms with E-state index in [4.69, 9.17) is 4.98 Å². The fraction of sp³-hybridized carbons (Fsp3) is 0.357. The van der Waals surface area contributed by atoms with Gasteiger partial charge in [0.05, 0.1) is 11.7 Å². The number of rotatable bonds is 2. The molecule has 0 aliphatic carbocycles. The maximum atomic E-state index is 13.1. The van der Waals surface area contributed by atoms with Crippen molar-refractivity contribution < 1.29 is 4.39 Å². The van der Waals surface area contributed by atoms with Crippen LogP contribution in [-0.4, -0.2) is 11.5 Å². The first-order chi connectivity index (χ1) is 9.24. The SMILES string of the molecule is Fc1ccc(-c2csc(C3CCCCN3)n2)c(Br)c1. The number of benzene rings is 1. The second kappa shape index (κ2) is 5.69. The highest BCUT2D eigenvalue weighted by molar-refractivity contribution is 9.10. The van der Waals surface area contributed by atoms with Crippen molar-refractivity contribution in [2.75, 3.05) is 6.54 Å². The van der Waals surface area contributed by atoms with Crippen molar-refractivity contribution in [2.24, 2.45) is 0 Å². The van der Waals surface area contributed by atoms with E-state index in [9.17, 15) is 4.39 Å². The summed E-state index contributed by atoms with van der Waals surface area (Å²) in [5.74, 6) is -0.236. The predicted octanol–water partition coefficient (Wildman–Crippen LogP) is 4.53. The predicted molar refractivity (Wildman–Crippen MR) is 79.8 cm³/mol. The molecule has 1 aromatic heterocycles. The summed E-state index contributed by atoms with van der Waals surface area (Å²) in [7, 11) is 0. The van der Waals surface area contributed by atoms with Gasteiger partial charge in [-0.2, -0.15) is 0 Å². The van der Waals surface area contributed by atoms with Gasteiger partial charge in [-0.1, -0.05) is 6.42 Å². The van der Waals surface area contributed by atoms with Gasteiger partial charge in [0, 0.05) is 15.4 Å². The summed E-state index contributed by atoms with van der Waals surface area (Å²) in [4.78, 5) is 4.70. The van der Waals surface area contributed by atoms with Gasteiger partial charge in [-0.25, -0.2) is 9.37 Å². The Hall–Kier alpha value is -0.780. The maximum absolute atomic E-state index is 13.1. The van der Waals surface area contributed by atoms with Gasteiger partial charge in [-0.05, 0) is 53.5 Å². The fourth-order valence-corrected chi connectivity index (χ4v) is 3.81. The van der Waals surface area contributed by atoms with Crippen molar-refractivity contribution in [3.63, 3.8) is 0 Å². The molecule has 19 heavy (non-hydrogen) atoms. The van der Waals surface area contributed by atoms with Gasteiger partial charge in [0.2, 0.25) is 0 Å². The van der Waals surface area contributed by atoms with Crippen LogP contribution in [0.15, 0.2) is 28.1 Å². The molecule has 1 saturated heterocycles. The van der Waals surface area contributed by atoms with Crippen LogP contribution in [0, 0.1) is 5.82 Å². The highest BCUT2D eigenvalue weighted by Crippen LogP contribution is 2.33. The third kappa shape index (κ3) is 2.88. The van der Waals surface area contributed by atoms with Gasteiger partial charge >= 0.3 is 0 Å². The van der Waals surface area contributed by atoms with Crippen LogP contribution < -0.4 is 5.32 Å². The molecule has 1 aliphatic rings. The normalized spacial score (nSPS) is 19.6. The average molecular weight is 341 g/mol. The lowest BCUT2D eigenvalue weighted by Gasteiger charge is -2.21. The van der Waals surface area contributed by atoms with E-state index < -0.39 is 0 Å². The molecule has 2 aromatic rings. The molecular weight excluding hydrogens is 327 g/mol. The first-order valence-electron chi connectivity index (χ1n) is 6.38. The van der Waals surface area contributed by atoms with Crippen LogP contribution in [0.2, 0.25) is 0 Å². The van der Waals surface area contributed by atoms with Crippen LogP contribution in [0.3, 0.4) is 0 Å². The minimum absolute atomic E-state index is 0.236. The van der Waals surface area contributed by atoms with Crippen molar-refractivity contribution in [3.8, 4) is 11.3 Å². The third-order valence-electron chi connectivity index (χ3n) is 3.34. The smallest absolute Gasteiger partial charge is 0.124 e. The molecule has 1 N–H and O–H groups in total. The summed E-state index contributed by atoms with van der Waals surface area (Å²) < 4.78 is 13.9. The molecule has 1 unspecified atom stereocenters. The van der Waals surface area contributed by atoms with Crippen molar-refractivity contribution in [2.45, 2.75) is 25.3 Å². The Kier molecular flexibility index (Phi) is 3.96. The molecule has 1 aromatic carbocycles. The second-order valence-electron chi connectivity index (χ2n) is 4.70. The van der Waals surface area contributed by atoms with Crippen molar-refractivity contribution in [1.82, 2.24) is 10.3 Å². The van der Waals surface area contributed by atoms with Crippen LogP contribution >= 0.6 is 27.3 Å². The molecule has 0 spiro atoms. The third-order valence-corrected chi connectivity index (χ3v) is 4.95. The minimum atomic E-state index is -0.236. The monoisotopic (exact) mass is 340 g/mol. The number of thiazole rings is 1. The van der Waals surface area contributed by atoms with Gasteiger partial charge < -0.3 is 5.32 Å². The molecule has 0 amide bonds. The Labute approximate surface area is 124 Å². The molecule has 1 fully saturated rings. The zero-order chi connectivity index (χ0) is 13.2. The van der Waals surface area contributed by atoms with E-state index in [2.05, 4.69) is 21.2 Å². The van der Waals surface area contributed by atoms with Crippen LogP contribution in [0.4, 0.5) is 4.39 Å². The summed E-state index contributed by atoms with van der Waals surface area (Å²) >= 11 is 5.07. The maximum Gasteiger partial charge on any atom is 0.124 e. The number of nitrogens with zero attached hydrogens (tertiary/aromatic N) is 1. The highest BCUT2D eigenvalue weighted by Gasteiger charge is 2.18. The molecule has 0 saturated carbocycles. The van der Waals surface area contributed by atoms with Crippen LogP contribution in [0.25, 0.3) is 11.3 Å². The van der Waals surface area contributed by atoms with Gasteiger partial charge in [-0.15, -0.1) is 11.3 Å². The Morgan fingerprint density at radius 1 is 1.37 bits per heavy atom. The Bertz CT molecular complexity index is 579. The van der Waals surface area contributed by atoms with E-state index in [1.165, 1.54) is 25.0 Å². The molecule has 2 heterocycles. The Morgan fingerprint density at radius 3 is 3.00 bits per heavy atom. The van der Waals surface area contributed by atoms with E-state index in [0.29, 0.717) is 6.04 Å². The van der Waals surface area contributed by atoms with Gasteiger partial charge in [0.25, 0.3) is 0 Å². The molecule has 100 valence electrons. The summed E-state index contributed by atoms with van der Waals surface area (Å²) in [6.07, 6.45) is 3.66. The summed E-state index contributed by atoms with van der Waals surface area (Å²) in [5, 5.41) is 6.68. The molecule has 1 aliphatic heterocycles. The van der Waals surface area contributed by atoms with Crippen LogP contribution in [0.1, 0.15) is 30.3 Å². The lowest BCUT2D eigenvalue weighted by Crippen LogP contribution is -2.26. The quantitative estimate of drug-likeness (QED) is 0.868. The van der Waals surface area contributed by atoms with E-state index >= 15 is 0 Å². The lowest BCUT2D eigenvalue weighted by molar-refractivity contribution is 0.411. The van der Waals surface area contributed by atoms with Crippen LogP contribution in [-0.2, 0) is 0 Å². The number of aromatic nitrogens is 1. The van der Waals surface area contributed by atoms with E-state index in [-0.39, 0.29) is 5.82 Å². The van der Waals surface area contributed by atoms with Gasteiger partial charge in [0.15, 0.2) is 0 Å². The van der Waals surface area contributed by atoms with Gasteiger partial charge in [0.1, 0.15) is 10.8 Å². The zero-order valence-corrected chi connectivity index (χ0v) is 12.7. The molecule has 2 nitrogen and oxygen atoms in total. The summed E-state index contributed by atoms with van der Waals surface area (Å²) in [6, 6.07) is 5.10. The number of halogens is 2. The van der Waals surface area contributed by atoms with Crippen molar-refractivity contribution in [1.29, 1.82) is 0 Å². The zero-order valence-electron chi connectivity index (χ0n) is 10.3. The molecule has 0 radical (unpaired) electrons. The largest absolute Gasteiger partial charge is 0.308 e. The van der Waals surface area contributed by atoms with E-state index in [1.54, 1.807) is 17.4 Å². The standard InChI is InChI=1S/C14H14BrFN2S/c15-11-7-9(16)4-5-10(11)13-8-19-14(18-13)12-3-1-2-6-17-12/h4-5,7-8,12,17H,1-3,6H2. The average Bonchev–Trinajstić information content (AvgIpc) is 2.89. The van der Waals surface area contributed by atoms with Crippen molar-refractivity contribution in [3.05, 3.63) is 38.9 Å². The van der Waals surface area contributed by atoms with Crippen LogP contribution in [0.5, 0.6) is 0 Å². The summed E-state index contributed by atoms with van der Waals surface area (Å²) in [6.45, 7) is 1.07. The number of nitrogens with one attached hydrogen (secondary N) is 1. The molecule has 3 rings (SSSR count). The Morgan fingerprint density at radius 2 is 2.26 bits per heavy atom. The van der Waals surface area contributed by atoms with E-state index in [1.807, 2.05) is 5.38 Å². The summed E-state index contributed by atoms with van der Waals surface area (Å²) in [5.41, 5.74) is 1.86. The number of hydrogen-bond donors (Lipinski definition) is 1. The number of hydrogen-bond acceptors (Lipinski definition) is 3. The lowest BCUT2D eigenvalue weighted by atomic mass is 10.1. The highest BCUT2D eigenvalue weighted by atomic mass is 79.9. The minimum Gasteiger partial charge on any atom is -0.308 e. The first kappa shape index (κ1) is 13.2. The van der Waals surface area contributed by atoms with Crippen molar-refractivity contribution >= 4 is 27.3 Å². The second-order valence-corrected chi connectivity index (χ2v) is 6.44.